The number of aromatic amines is 1. The molecule has 4 heterocycles. The summed E-state index contributed by atoms with van der Waals surface area (Å²) in [5.74, 6) is -0.0664. The molecule has 0 bridgehead atoms. The number of nitrogens with zero attached hydrogens (tertiary/aromatic N) is 3. The molecule has 22 heavy (non-hydrogen) atoms. The predicted octanol–water partition coefficient (Wildman–Crippen LogP) is 0.561. The average molecular weight is 296 g/mol. The Balaban J connectivity index is 1.50. The molecular weight excluding hydrogens is 280 g/mol. The largest absolute Gasteiger partial charge is 0.350 e. The van der Waals surface area contributed by atoms with Gasteiger partial charge in [0.15, 0.2) is 0 Å². The van der Waals surface area contributed by atoms with Crippen molar-refractivity contribution >= 4 is 11.4 Å². The van der Waals surface area contributed by atoms with Crippen molar-refractivity contribution in [3.63, 3.8) is 0 Å². The van der Waals surface area contributed by atoms with E-state index in [0.717, 1.165) is 35.4 Å². The summed E-state index contributed by atoms with van der Waals surface area (Å²) < 4.78 is 1.80. The number of rotatable bonds is 3. The molecule has 112 valence electrons. The van der Waals surface area contributed by atoms with Gasteiger partial charge in [-0.15, -0.1) is 0 Å². The molecule has 3 aromatic heterocycles. The van der Waals surface area contributed by atoms with Crippen LogP contribution in [-0.4, -0.2) is 32.0 Å². The Morgan fingerprint density at radius 3 is 3.36 bits per heavy atom. The number of carbonyl (C=O) groups is 1. The second-order valence-corrected chi connectivity index (χ2v) is 5.32. The van der Waals surface area contributed by atoms with Gasteiger partial charge in [-0.25, -0.2) is 9.50 Å². The molecule has 3 aromatic rings. The number of pyridine rings is 1. The van der Waals surface area contributed by atoms with E-state index >= 15 is 0 Å². The normalized spacial score (nSPS) is 17.4. The maximum absolute atomic E-state index is 12.4. The van der Waals surface area contributed by atoms with E-state index in [1.54, 1.807) is 17.0 Å². The van der Waals surface area contributed by atoms with Crippen molar-refractivity contribution < 1.29 is 4.79 Å². The lowest BCUT2D eigenvalue weighted by Crippen LogP contribution is -2.41. The average Bonchev–Trinajstić information content (AvgIpc) is 3.19. The Hall–Kier alpha value is -2.67. The molecule has 0 fully saturated rings. The summed E-state index contributed by atoms with van der Waals surface area (Å²) in [6.45, 7) is 1.22. The highest BCUT2D eigenvalue weighted by molar-refractivity contribution is 5.83. The quantitative estimate of drug-likeness (QED) is 0.659. The summed E-state index contributed by atoms with van der Waals surface area (Å²) >= 11 is 0. The molecule has 0 saturated heterocycles. The standard InChI is InChI=1S/C15H16N6O/c22-15(14-13-11(4-5-16-14)18-9-19-13)17-7-10-8-20-21-6-2-1-3-12(10)21/h1-3,6,8-9,14,16H,4-5,7H2,(H,17,22)(H,18,19). The van der Waals surface area contributed by atoms with Crippen LogP contribution in [0.3, 0.4) is 0 Å². The third-order valence-corrected chi connectivity index (χ3v) is 3.97. The number of H-pyrrole nitrogens is 1. The second-order valence-electron chi connectivity index (χ2n) is 5.32. The third-order valence-electron chi connectivity index (χ3n) is 3.97. The molecule has 4 rings (SSSR count). The van der Waals surface area contributed by atoms with E-state index in [0.29, 0.717) is 6.54 Å². The second kappa shape index (κ2) is 5.27. The Morgan fingerprint density at radius 1 is 1.45 bits per heavy atom. The molecule has 1 amide bonds. The number of aromatic nitrogens is 4. The summed E-state index contributed by atoms with van der Waals surface area (Å²) in [4.78, 5) is 19.8. The summed E-state index contributed by atoms with van der Waals surface area (Å²) in [5, 5.41) is 10.5. The van der Waals surface area contributed by atoms with Crippen LogP contribution in [0.25, 0.3) is 5.52 Å². The van der Waals surface area contributed by atoms with Crippen molar-refractivity contribution in [3.8, 4) is 0 Å². The van der Waals surface area contributed by atoms with Gasteiger partial charge < -0.3 is 15.6 Å². The van der Waals surface area contributed by atoms with Gasteiger partial charge in [0, 0.05) is 37.0 Å². The fourth-order valence-electron chi connectivity index (χ4n) is 2.84. The van der Waals surface area contributed by atoms with Crippen molar-refractivity contribution in [2.24, 2.45) is 0 Å². The van der Waals surface area contributed by atoms with Gasteiger partial charge in [-0.2, -0.15) is 5.10 Å². The van der Waals surface area contributed by atoms with Crippen molar-refractivity contribution in [2.45, 2.75) is 19.0 Å². The van der Waals surface area contributed by atoms with Crippen molar-refractivity contribution in [1.29, 1.82) is 0 Å². The van der Waals surface area contributed by atoms with Gasteiger partial charge >= 0.3 is 0 Å². The van der Waals surface area contributed by atoms with Crippen LogP contribution < -0.4 is 10.6 Å². The minimum Gasteiger partial charge on any atom is -0.350 e. The summed E-state index contributed by atoms with van der Waals surface area (Å²) in [6.07, 6.45) is 6.18. The van der Waals surface area contributed by atoms with E-state index in [-0.39, 0.29) is 5.91 Å². The lowest BCUT2D eigenvalue weighted by molar-refractivity contribution is -0.123. The predicted molar refractivity (Wildman–Crippen MR) is 80.1 cm³/mol. The zero-order valence-electron chi connectivity index (χ0n) is 11.9. The molecule has 1 atom stereocenters. The fraction of sp³-hybridized carbons (Fsp3) is 0.267. The molecule has 1 aliphatic heterocycles. The lowest BCUT2D eigenvalue weighted by Gasteiger charge is -2.22. The van der Waals surface area contributed by atoms with E-state index in [9.17, 15) is 4.79 Å². The van der Waals surface area contributed by atoms with Crippen LogP contribution in [0, 0.1) is 0 Å². The fourth-order valence-corrected chi connectivity index (χ4v) is 2.84. The van der Waals surface area contributed by atoms with Gasteiger partial charge in [0.05, 0.1) is 23.7 Å². The summed E-state index contributed by atoms with van der Waals surface area (Å²) in [6, 6.07) is 5.48. The van der Waals surface area contributed by atoms with E-state index < -0.39 is 6.04 Å². The molecule has 0 saturated carbocycles. The summed E-state index contributed by atoms with van der Waals surface area (Å²) in [5.41, 5.74) is 3.82. The number of amides is 1. The van der Waals surface area contributed by atoms with Crippen molar-refractivity contribution in [2.75, 3.05) is 6.54 Å². The first-order valence-electron chi connectivity index (χ1n) is 7.27. The van der Waals surface area contributed by atoms with Crippen LogP contribution in [0.5, 0.6) is 0 Å². The van der Waals surface area contributed by atoms with E-state index in [1.165, 1.54) is 0 Å². The van der Waals surface area contributed by atoms with E-state index in [4.69, 9.17) is 0 Å². The number of carbonyl (C=O) groups excluding carboxylic acids is 1. The van der Waals surface area contributed by atoms with E-state index in [1.807, 2.05) is 24.4 Å². The number of imidazole rings is 1. The molecule has 0 aromatic carbocycles. The first-order valence-corrected chi connectivity index (χ1v) is 7.27. The van der Waals surface area contributed by atoms with Crippen LogP contribution in [0.4, 0.5) is 0 Å². The molecule has 0 spiro atoms. The van der Waals surface area contributed by atoms with Gasteiger partial charge in [0.1, 0.15) is 6.04 Å². The first-order chi connectivity index (χ1) is 10.8. The topological polar surface area (TPSA) is 87.1 Å². The molecule has 1 unspecified atom stereocenters. The number of hydrogen-bond acceptors (Lipinski definition) is 4. The van der Waals surface area contributed by atoms with Crippen LogP contribution in [0.2, 0.25) is 0 Å². The molecule has 0 aliphatic carbocycles. The molecule has 1 aliphatic rings. The highest BCUT2D eigenvalue weighted by Gasteiger charge is 2.28. The Labute approximate surface area is 126 Å². The van der Waals surface area contributed by atoms with Gasteiger partial charge in [-0.3, -0.25) is 4.79 Å². The number of fused-ring (bicyclic) bond motifs is 2. The zero-order valence-corrected chi connectivity index (χ0v) is 11.9. The number of hydrogen-bond donors (Lipinski definition) is 3. The first kappa shape index (κ1) is 13.0. The van der Waals surface area contributed by atoms with Crippen LogP contribution in [-0.2, 0) is 17.8 Å². The SMILES string of the molecule is O=C(NCc1cnn2ccccc12)C1NCCc2[nH]cnc21. The minimum absolute atomic E-state index is 0.0664. The molecular formula is C15H16N6O. The van der Waals surface area contributed by atoms with Crippen molar-refractivity contribution in [1.82, 2.24) is 30.2 Å². The molecule has 7 nitrogen and oxygen atoms in total. The molecule has 7 heteroatoms. The van der Waals surface area contributed by atoms with E-state index in [2.05, 4.69) is 25.7 Å². The van der Waals surface area contributed by atoms with Crippen LogP contribution in [0.15, 0.2) is 36.9 Å². The Morgan fingerprint density at radius 2 is 2.41 bits per heavy atom. The number of nitrogens with one attached hydrogen (secondary N) is 3. The molecule has 0 radical (unpaired) electrons. The maximum Gasteiger partial charge on any atom is 0.243 e. The summed E-state index contributed by atoms with van der Waals surface area (Å²) in [7, 11) is 0. The van der Waals surface area contributed by atoms with Crippen LogP contribution >= 0.6 is 0 Å². The highest BCUT2D eigenvalue weighted by atomic mass is 16.2. The van der Waals surface area contributed by atoms with Gasteiger partial charge in [-0.05, 0) is 12.1 Å². The molecule has 3 N–H and O–H groups in total. The monoisotopic (exact) mass is 296 g/mol. The Bertz CT molecular complexity index is 820. The van der Waals surface area contributed by atoms with Crippen molar-refractivity contribution in [3.05, 3.63) is 53.9 Å². The zero-order chi connectivity index (χ0) is 14.9. The minimum atomic E-state index is -0.392. The highest BCUT2D eigenvalue weighted by Crippen LogP contribution is 2.19. The Kier molecular flexibility index (Phi) is 3.12. The lowest BCUT2D eigenvalue weighted by atomic mass is 10.0. The van der Waals surface area contributed by atoms with Gasteiger partial charge in [0.2, 0.25) is 5.91 Å². The smallest absolute Gasteiger partial charge is 0.243 e. The van der Waals surface area contributed by atoms with Gasteiger partial charge in [-0.1, -0.05) is 6.07 Å². The van der Waals surface area contributed by atoms with Gasteiger partial charge in [0.25, 0.3) is 0 Å². The third kappa shape index (κ3) is 2.15. The maximum atomic E-state index is 12.4. The van der Waals surface area contributed by atoms with Crippen LogP contribution in [0.1, 0.15) is 23.0 Å².